The summed E-state index contributed by atoms with van der Waals surface area (Å²) >= 11 is 7.66. The third kappa shape index (κ3) is 5.74. The van der Waals surface area contributed by atoms with Crippen molar-refractivity contribution < 1.29 is 14.1 Å². The molecular formula is C20H20ClN3O3S. The third-order valence-electron chi connectivity index (χ3n) is 3.94. The first-order chi connectivity index (χ1) is 13.7. The number of carbonyl (C=O) groups is 1. The predicted octanol–water partition coefficient (Wildman–Crippen LogP) is 4.34. The summed E-state index contributed by atoms with van der Waals surface area (Å²) in [7, 11) is 1.62. The predicted molar refractivity (Wildman–Crippen MR) is 110 cm³/mol. The number of amides is 1. The van der Waals surface area contributed by atoms with Crippen LogP contribution < -0.4 is 10.1 Å². The van der Waals surface area contributed by atoms with Gasteiger partial charge in [-0.15, -0.1) is 0 Å². The fourth-order valence-corrected chi connectivity index (χ4v) is 3.39. The quantitative estimate of drug-likeness (QED) is 0.522. The van der Waals surface area contributed by atoms with Crippen molar-refractivity contribution >= 4 is 29.3 Å². The fraction of sp³-hybridized carbons (Fsp3) is 0.250. The summed E-state index contributed by atoms with van der Waals surface area (Å²) in [6.45, 7) is 0.430. The molecule has 1 N–H and O–H groups in total. The molecule has 0 spiro atoms. The van der Waals surface area contributed by atoms with E-state index in [1.165, 1.54) is 0 Å². The maximum absolute atomic E-state index is 12.0. The molecule has 0 aliphatic heterocycles. The lowest BCUT2D eigenvalue weighted by Gasteiger charge is -2.06. The van der Waals surface area contributed by atoms with Crippen LogP contribution >= 0.6 is 23.4 Å². The van der Waals surface area contributed by atoms with Gasteiger partial charge >= 0.3 is 0 Å². The van der Waals surface area contributed by atoms with Crippen molar-refractivity contribution in [2.45, 2.75) is 18.7 Å². The van der Waals surface area contributed by atoms with E-state index in [0.29, 0.717) is 41.2 Å². The molecule has 0 unspecified atom stereocenters. The standard InChI is InChI=1S/C20H20ClN3O3S/c1-26-16-8-6-14(7-9-16)20-23-18(24-27-20)13-28-11-10-19(25)22-12-15-4-2-3-5-17(15)21/h2-9H,10-13H2,1H3,(H,22,25). The Balaban J connectivity index is 1.39. The van der Waals surface area contributed by atoms with Crippen LogP contribution in [-0.2, 0) is 17.1 Å². The lowest BCUT2D eigenvalue weighted by molar-refractivity contribution is -0.120. The van der Waals surface area contributed by atoms with E-state index in [1.807, 2.05) is 48.5 Å². The number of halogens is 1. The molecule has 6 nitrogen and oxygen atoms in total. The van der Waals surface area contributed by atoms with Gasteiger partial charge in [0, 0.05) is 29.3 Å². The molecule has 0 fully saturated rings. The summed E-state index contributed by atoms with van der Waals surface area (Å²) in [5, 5.41) is 7.52. The van der Waals surface area contributed by atoms with Crippen molar-refractivity contribution in [3.05, 3.63) is 64.9 Å². The number of carbonyl (C=O) groups excluding carboxylic acids is 1. The molecule has 0 saturated carbocycles. The summed E-state index contributed by atoms with van der Waals surface area (Å²) in [4.78, 5) is 16.3. The monoisotopic (exact) mass is 417 g/mol. The molecule has 0 aliphatic carbocycles. The highest BCUT2D eigenvalue weighted by Gasteiger charge is 2.10. The Labute approximate surface area is 172 Å². The number of hydrogen-bond acceptors (Lipinski definition) is 6. The van der Waals surface area contributed by atoms with Crippen LogP contribution in [0, 0.1) is 0 Å². The first-order valence-corrected chi connectivity index (χ1v) is 10.2. The third-order valence-corrected chi connectivity index (χ3v) is 5.27. The minimum Gasteiger partial charge on any atom is -0.497 e. The van der Waals surface area contributed by atoms with Gasteiger partial charge in [0.05, 0.1) is 12.9 Å². The number of nitrogens with one attached hydrogen (secondary N) is 1. The normalized spacial score (nSPS) is 10.6. The molecular weight excluding hydrogens is 398 g/mol. The van der Waals surface area contributed by atoms with Crippen LogP contribution in [0.2, 0.25) is 5.02 Å². The van der Waals surface area contributed by atoms with Crippen LogP contribution in [0.5, 0.6) is 5.75 Å². The van der Waals surface area contributed by atoms with Crippen molar-refractivity contribution in [2.75, 3.05) is 12.9 Å². The van der Waals surface area contributed by atoms with Crippen LogP contribution in [0.1, 0.15) is 17.8 Å². The number of methoxy groups -OCH3 is 1. The second-order valence-electron chi connectivity index (χ2n) is 5.91. The molecule has 2 aromatic carbocycles. The first kappa shape index (κ1) is 20.2. The Morgan fingerprint density at radius 1 is 1.21 bits per heavy atom. The number of benzene rings is 2. The molecule has 1 aromatic heterocycles. The Morgan fingerprint density at radius 3 is 2.75 bits per heavy atom. The maximum Gasteiger partial charge on any atom is 0.257 e. The Bertz CT molecular complexity index is 915. The van der Waals surface area contributed by atoms with E-state index in [1.54, 1.807) is 18.9 Å². The van der Waals surface area contributed by atoms with Gasteiger partial charge in [0.25, 0.3) is 5.89 Å². The Morgan fingerprint density at radius 2 is 2.00 bits per heavy atom. The van der Waals surface area contributed by atoms with Crippen molar-refractivity contribution in [3.8, 4) is 17.2 Å². The molecule has 1 amide bonds. The van der Waals surface area contributed by atoms with Gasteiger partial charge in [-0.2, -0.15) is 16.7 Å². The number of hydrogen-bond donors (Lipinski definition) is 1. The lowest BCUT2D eigenvalue weighted by Crippen LogP contribution is -2.23. The highest BCUT2D eigenvalue weighted by molar-refractivity contribution is 7.98. The zero-order valence-corrected chi connectivity index (χ0v) is 16.9. The summed E-state index contributed by atoms with van der Waals surface area (Å²) in [6.07, 6.45) is 0.415. The van der Waals surface area contributed by atoms with E-state index in [-0.39, 0.29) is 5.91 Å². The Kier molecular flexibility index (Phi) is 7.33. The average Bonchev–Trinajstić information content (AvgIpc) is 3.19. The van der Waals surface area contributed by atoms with E-state index in [4.69, 9.17) is 20.9 Å². The molecule has 28 heavy (non-hydrogen) atoms. The minimum absolute atomic E-state index is 0.0144. The van der Waals surface area contributed by atoms with Crippen molar-refractivity contribution in [1.29, 1.82) is 0 Å². The number of aromatic nitrogens is 2. The van der Waals surface area contributed by atoms with E-state index < -0.39 is 0 Å². The van der Waals surface area contributed by atoms with Gasteiger partial charge in [-0.3, -0.25) is 4.79 Å². The molecule has 8 heteroatoms. The van der Waals surface area contributed by atoms with E-state index in [9.17, 15) is 4.79 Å². The van der Waals surface area contributed by atoms with E-state index in [0.717, 1.165) is 16.9 Å². The van der Waals surface area contributed by atoms with Gasteiger partial charge in [0.15, 0.2) is 5.82 Å². The van der Waals surface area contributed by atoms with Gasteiger partial charge < -0.3 is 14.6 Å². The fourth-order valence-electron chi connectivity index (χ4n) is 2.42. The SMILES string of the molecule is COc1ccc(-c2nc(CSCCC(=O)NCc3ccccc3Cl)no2)cc1. The number of rotatable bonds is 9. The molecule has 0 radical (unpaired) electrons. The summed E-state index contributed by atoms with van der Waals surface area (Å²) in [5.41, 5.74) is 1.74. The second-order valence-corrected chi connectivity index (χ2v) is 7.43. The van der Waals surface area contributed by atoms with Gasteiger partial charge in [-0.05, 0) is 35.9 Å². The van der Waals surface area contributed by atoms with E-state index in [2.05, 4.69) is 15.5 Å². The average molecular weight is 418 g/mol. The van der Waals surface area contributed by atoms with Gasteiger partial charge in [0.1, 0.15) is 5.75 Å². The van der Waals surface area contributed by atoms with Gasteiger partial charge in [-0.25, -0.2) is 0 Å². The van der Waals surface area contributed by atoms with Crippen LogP contribution in [0.3, 0.4) is 0 Å². The van der Waals surface area contributed by atoms with Gasteiger partial charge in [0.2, 0.25) is 5.91 Å². The molecule has 0 aliphatic rings. The molecule has 3 rings (SSSR count). The Hall–Kier alpha value is -2.51. The van der Waals surface area contributed by atoms with E-state index >= 15 is 0 Å². The van der Waals surface area contributed by atoms with Crippen molar-refractivity contribution in [1.82, 2.24) is 15.5 Å². The summed E-state index contributed by atoms with van der Waals surface area (Å²) in [6, 6.07) is 14.9. The molecule has 1 heterocycles. The lowest BCUT2D eigenvalue weighted by atomic mass is 10.2. The topological polar surface area (TPSA) is 77.2 Å². The number of thioether (sulfide) groups is 1. The maximum atomic E-state index is 12.0. The van der Waals surface area contributed by atoms with Crippen LogP contribution in [-0.4, -0.2) is 28.9 Å². The van der Waals surface area contributed by atoms with Crippen LogP contribution in [0.4, 0.5) is 0 Å². The number of nitrogens with zero attached hydrogens (tertiary/aromatic N) is 2. The first-order valence-electron chi connectivity index (χ1n) is 8.70. The van der Waals surface area contributed by atoms with Gasteiger partial charge in [-0.1, -0.05) is 35.0 Å². The molecule has 0 saturated heterocycles. The highest BCUT2D eigenvalue weighted by Crippen LogP contribution is 2.22. The largest absolute Gasteiger partial charge is 0.497 e. The summed E-state index contributed by atoms with van der Waals surface area (Å²) < 4.78 is 10.4. The highest BCUT2D eigenvalue weighted by atomic mass is 35.5. The molecule has 3 aromatic rings. The second kappa shape index (κ2) is 10.1. The zero-order valence-electron chi connectivity index (χ0n) is 15.4. The summed E-state index contributed by atoms with van der Waals surface area (Å²) in [5.74, 6) is 3.08. The molecule has 146 valence electrons. The number of ether oxygens (including phenoxy) is 1. The van der Waals surface area contributed by atoms with Crippen LogP contribution in [0.25, 0.3) is 11.5 Å². The minimum atomic E-state index is -0.0144. The van der Waals surface area contributed by atoms with Crippen molar-refractivity contribution in [2.24, 2.45) is 0 Å². The molecule has 0 atom stereocenters. The smallest absolute Gasteiger partial charge is 0.257 e. The zero-order chi connectivity index (χ0) is 19.8. The van der Waals surface area contributed by atoms with Crippen LogP contribution in [0.15, 0.2) is 53.1 Å². The molecule has 0 bridgehead atoms. The van der Waals surface area contributed by atoms with Crippen molar-refractivity contribution in [3.63, 3.8) is 0 Å².